The Morgan fingerprint density at radius 2 is 1.75 bits per heavy atom. The summed E-state index contributed by atoms with van der Waals surface area (Å²) in [6.07, 6.45) is 1.65. The van der Waals surface area contributed by atoms with Crippen LogP contribution >= 0.6 is 23.2 Å². The van der Waals surface area contributed by atoms with Crippen LogP contribution in [0, 0.1) is 17.2 Å². The largest absolute Gasteiger partial charge is 0.481 e. The van der Waals surface area contributed by atoms with Gasteiger partial charge in [-0.3, -0.25) is 9.59 Å². The van der Waals surface area contributed by atoms with Crippen molar-refractivity contribution in [3.63, 3.8) is 0 Å². The lowest BCUT2D eigenvalue weighted by Crippen LogP contribution is -2.59. The van der Waals surface area contributed by atoms with Gasteiger partial charge in [0.05, 0.1) is 17.9 Å². The average Bonchev–Trinajstić information content (AvgIpc) is 3.81. The second-order valence-corrected chi connectivity index (χ2v) is 14.0. The third-order valence-corrected chi connectivity index (χ3v) is 10.2. The topological polar surface area (TPSA) is 95.0 Å². The van der Waals surface area contributed by atoms with Crippen LogP contribution < -0.4 is 0 Å². The zero-order chi connectivity index (χ0) is 31.6. The SMILES string of the molecule is C[C@]1(CC(=O)O)C[C@H](c2cccc(Cl)c2)[C@@H](c2ccc(Cl)cc2)N([C@H](CN(CCc2ccccc2F)[SH](=O)=O)C2CC2)C1=O. The average molecular weight is 662 g/mol. The van der Waals surface area contributed by atoms with Crippen LogP contribution in [0.3, 0.4) is 0 Å². The number of carbonyl (C=O) groups is 2. The molecule has 234 valence electrons. The minimum Gasteiger partial charge on any atom is -0.481 e. The first-order chi connectivity index (χ1) is 21.0. The van der Waals surface area contributed by atoms with Gasteiger partial charge in [-0.25, -0.2) is 17.1 Å². The molecule has 2 aliphatic rings. The van der Waals surface area contributed by atoms with E-state index in [0.29, 0.717) is 15.6 Å². The molecule has 0 unspecified atom stereocenters. The van der Waals surface area contributed by atoms with Gasteiger partial charge in [0, 0.05) is 35.1 Å². The van der Waals surface area contributed by atoms with E-state index in [-0.39, 0.29) is 50.1 Å². The number of piperidine rings is 1. The number of rotatable bonds is 12. The van der Waals surface area contributed by atoms with Gasteiger partial charge in [-0.2, -0.15) is 0 Å². The highest BCUT2D eigenvalue weighted by Gasteiger charge is 2.54. The highest BCUT2D eigenvalue weighted by atomic mass is 35.5. The van der Waals surface area contributed by atoms with Crippen LogP contribution in [0.1, 0.15) is 61.3 Å². The Hall–Kier alpha value is -2.98. The van der Waals surface area contributed by atoms with Crippen LogP contribution in [0.2, 0.25) is 10.0 Å². The summed E-state index contributed by atoms with van der Waals surface area (Å²) in [5.74, 6) is -2.15. The molecule has 3 aromatic carbocycles. The van der Waals surface area contributed by atoms with Crippen molar-refractivity contribution in [2.75, 3.05) is 13.1 Å². The van der Waals surface area contributed by atoms with E-state index in [2.05, 4.69) is 0 Å². The molecule has 1 aliphatic heterocycles. The number of carboxylic acids is 1. The van der Waals surface area contributed by atoms with Gasteiger partial charge in [-0.15, -0.1) is 0 Å². The number of aliphatic carboxylic acids is 1. The van der Waals surface area contributed by atoms with Crippen molar-refractivity contribution in [3.8, 4) is 0 Å². The molecule has 0 bridgehead atoms. The Labute approximate surface area is 268 Å². The van der Waals surface area contributed by atoms with Gasteiger partial charge in [0.2, 0.25) is 16.8 Å². The molecular formula is C33H35Cl2FN2O5S. The fourth-order valence-corrected chi connectivity index (χ4v) is 7.48. The van der Waals surface area contributed by atoms with Gasteiger partial charge in [-0.05, 0) is 78.6 Å². The van der Waals surface area contributed by atoms with Crippen molar-refractivity contribution >= 4 is 46.0 Å². The van der Waals surface area contributed by atoms with Gasteiger partial charge in [0.15, 0.2) is 0 Å². The molecule has 7 nitrogen and oxygen atoms in total. The molecule has 0 aromatic heterocycles. The van der Waals surface area contributed by atoms with E-state index in [9.17, 15) is 27.5 Å². The predicted octanol–water partition coefficient (Wildman–Crippen LogP) is 6.52. The molecule has 0 spiro atoms. The lowest BCUT2D eigenvalue weighted by atomic mass is 9.67. The Morgan fingerprint density at radius 3 is 2.36 bits per heavy atom. The lowest BCUT2D eigenvalue weighted by Gasteiger charge is -2.52. The van der Waals surface area contributed by atoms with Gasteiger partial charge in [-0.1, -0.05) is 72.6 Å². The highest BCUT2D eigenvalue weighted by Crippen LogP contribution is 2.54. The number of nitrogens with zero attached hydrogens (tertiary/aromatic N) is 2. The Morgan fingerprint density at radius 1 is 1.05 bits per heavy atom. The molecule has 0 radical (unpaired) electrons. The fourth-order valence-electron chi connectivity index (χ4n) is 6.60. The van der Waals surface area contributed by atoms with Crippen LogP contribution in [-0.4, -0.2) is 53.7 Å². The van der Waals surface area contributed by atoms with Crippen LogP contribution in [-0.2, 0) is 26.9 Å². The molecule has 1 N–H and O–H groups in total. The van der Waals surface area contributed by atoms with Crippen molar-refractivity contribution in [3.05, 3.63) is 105 Å². The smallest absolute Gasteiger partial charge is 0.304 e. The number of hydrogen-bond acceptors (Lipinski definition) is 4. The minimum atomic E-state index is -3.06. The summed E-state index contributed by atoms with van der Waals surface area (Å²) in [5.41, 5.74) is 0.806. The molecule has 3 aromatic rings. The number of thiol groups is 1. The summed E-state index contributed by atoms with van der Waals surface area (Å²) >= 11 is 12.7. The maximum atomic E-state index is 14.6. The predicted molar refractivity (Wildman–Crippen MR) is 169 cm³/mol. The van der Waals surface area contributed by atoms with E-state index in [1.807, 2.05) is 30.3 Å². The molecule has 2 fully saturated rings. The van der Waals surface area contributed by atoms with Gasteiger partial charge >= 0.3 is 5.97 Å². The fraction of sp³-hybridized carbons (Fsp3) is 0.394. The number of benzene rings is 3. The summed E-state index contributed by atoms with van der Waals surface area (Å²) in [6, 6.07) is 19.8. The summed E-state index contributed by atoms with van der Waals surface area (Å²) in [5, 5.41) is 10.9. The monoisotopic (exact) mass is 660 g/mol. The van der Waals surface area contributed by atoms with Gasteiger partial charge in [0.25, 0.3) is 0 Å². The van der Waals surface area contributed by atoms with Gasteiger partial charge < -0.3 is 10.0 Å². The second kappa shape index (κ2) is 13.6. The highest BCUT2D eigenvalue weighted by molar-refractivity contribution is 7.69. The number of likely N-dealkylation sites (tertiary alicyclic amines) is 1. The van der Waals surface area contributed by atoms with Crippen LogP contribution in [0.15, 0.2) is 72.8 Å². The van der Waals surface area contributed by atoms with E-state index in [4.69, 9.17) is 23.2 Å². The van der Waals surface area contributed by atoms with E-state index >= 15 is 0 Å². The van der Waals surface area contributed by atoms with E-state index in [1.165, 1.54) is 10.4 Å². The number of halogens is 3. The lowest BCUT2D eigenvalue weighted by molar-refractivity contribution is -0.161. The third-order valence-electron chi connectivity index (χ3n) is 8.88. The second-order valence-electron chi connectivity index (χ2n) is 12.1. The molecule has 5 rings (SSSR count). The number of carboxylic acid groups (broad SMARTS) is 1. The zero-order valence-corrected chi connectivity index (χ0v) is 26.6. The molecule has 1 saturated heterocycles. The molecule has 1 heterocycles. The van der Waals surface area contributed by atoms with Crippen LogP contribution in [0.5, 0.6) is 0 Å². The molecule has 1 aliphatic carbocycles. The Bertz CT molecular complexity index is 1590. The normalized spacial score (nSPS) is 22.9. The summed E-state index contributed by atoms with van der Waals surface area (Å²) < 4.78 is 40.9. The minimum absolute atomic E-state index is 0.0130. The molecule has 1 amide bonds. The van der Waals surface area contributed by atoms with Crippen LogP contribution in [0.25, 0.3) is 0 Å². The number of carbonyl (C=O) groups excluding carboxylic acids is 1. The Balaban J connectivity index is 1.60. The quantitative estimate of drug-likeness (QED) is 0.216. The van der Waals surface area contributed by atoms with Crippen molar-refractivity contribution in [1.82, 2.24) is 9.21 Å². The van der Waals surface area contributed by atoms with E-state index < -0.39 is 40.2 Å². The van der Waals surface area contributed by atoms with Crippen molar-refractivity contribution in [2.45, 2.75) is 57.0 Å². The first-order valence-corrected chi connectivity index (χ1v) is 16.5. The number of amides is 1. The first kappa shape index (κ1) is 32.4. The molecule has 44 heavy (non-hydrogen) atoms. The molecule has 11 heteroatoms. The standard InChI is InChI=1S/C33H35Cl2FN2O5S/c1-33(19-30(39)40)18-27(24-6-4-7-26(35)17-24)31(23-11-13-25(34)14-12-23)38(32(33)41)29(22-9-10-22)20-37(44(42)43)16-15-21-5-2-3-8-28(21)36/h2-8,11-14,17,22,27,29,31,44H,9-10,15-16,18-20H2,1H3,(H,39,40)/t27-,29-,31-,33-/m1/s1. The summed E-state index contributed by atoms with van der Waals surface area (Å²) in [7, 11) is -3.06. The van der Waals surface area contributed by atoms with Crippen molar-refractivity contribution in [1.29, 1.82) is 0 Å². The first-order valence-electron chi connectivity index (χ1n) is 14.6. The maximum Gasteiger partial charge on any atom is 0.304 e. The van der Waals surface area contributed by atoms with Crippen molar-refractivity contribution in [2.24, 2.45) is 11.3 Å². The number of hydrogen-bond donors (Lipinski definition) is 2. The maximum absolute atomic E-state index is 14.6. The van der Waals surface area contributed by atoms with E-state index in [0.717, 1.165) is 24.0 Å². The molecule has 1 saturated carbocycles. The third kappa shape index (κ3) is 7.28. The van der Waals surface area contributed by atoms with E-state index in [1.54, 1.807) is 48.2 Å². The van der Waals surface area contributed by atoms with Crippen molar-refractivity contribution < 1.29 is 27.5 Å². The van der Waals surface area contributed by atoms with Crippen LogP contribution in [0.4, 0.5) is 4.39 Å². The summed E-state index contributed by atoms with van der Waals surface area (Å²) in [6.45, 7) is 1.74. The zero-order valence-electron chi connectivity index (χ0n) is 24.2. The molecule has 4 atom stereocenters. The van der Waals surface area contributed by atoms with Gasteiger partial charge in [0.1, 0.15) is 5.82 Å². The molecular weight excluding hydrogens is 626 g/mol. The Kier molecular flexibility index (Phi) is 9.99. The summed E-state index contributed by atoms with van der Waals surface area (Å²) in [4.78, 5) is 28.5.